The zero-order valence-electron chi connectivity index (χ0n) is 15.5. The SMILES string of the molecule is CCCCC(=O)c1ccccc1-c1ccc(-c2cccc3ccccc23)[nH]1. The summed E-state index contributed by atoms with van der Waals surface area (Å²) < 4.78 is 0. The summed E-state index contributed by atoms with van der Waals surface area (Å²) >= 11 is 0. The Morgan fingerprint density at radius 3 is 2.30 bits per heavy atom. The quantitative estimate of drug-likeness (QED) is 0.377. The molecule has 1 aromatic heterocycles. The molecule has 4 rings (SSSR count). The molecule has 0 spiro atoms. The minimum atomic E-state index is 0.216. The van der Waals surface area contributed by atoms with E-state index >= 15 is 0 Å². The molecule has 0 fully saturated rings. The maximum absolute atomic E-state index is 12.6. The van der Waals surface area contributed by atoms with E-state index in [9.17, 15) is 4.79 Å². The zero-order valence-corrected chi connectivity index (χ0v) is 15.5. The number of carbonyl (C=O) groups excluding carboxylic acids is 1. The molecule has 2 heteroatoms. The average Bonchev–Trinajstić information content (AvgIpc) is 3.21. The van der Waals surface area contributed by atoms with E-state index in [1.165, 1.54) is 16.3 Å². The molecule has 0 atom stereocenters. The van der Waals surface area contributed by atoms with Crippen molar-refractivity contribution >= 4 is 16.6 Å². The van der Waals surface area contributed by atoms with Crippen LogP contribution in [0.15, 0.2) is 78.9 Å². The number of hydrogen-bond acceptors (Lipinski definition) is 1. The lowest BCUT2D eigenvalue weighted by Gasteiger charge is -2.08. The van der Waals surface area contributed by atoms with Crippen molar-refractivity contribution < 1.29 is 4.79 Å². The predicted octanol–water partition coefficient (Wildman–Crippen LogP) is 6.87. The molecule has 0 saturated carbocycles. The minimum Gasteiger partial charge on any atom is -0.355 e. The van der Waals surface area contributed by atoms with E-state index in [1.807, 2.05) is 24.3 Å². The number of aromatic amines is 1. The highest BCUT2D eigenvalue weighted by Gasteiger charge is 2.14. The van der Waals surface area contributed by atoms with Crippen molar-refractivity contribution in [3.05, 3.63) is 84.4 Å². The normalized spacial score (nSPS) is 11.0. The standard InChI is InChI=1S/C25H23NO/c1-2-3-15-25(27)22-13-7-6-12-21(22)24-17-16-23(26-24)20-14-8-10-18-9-4-5-11-19(18)20/h4-14,16-17,26H,2-3,15H2,1H3. The third kappa shape index (κ3) is 3.43. The largest absolute Gasteiger partial charge is 0.355 e. The highest BCUT2D eigenvalue weighted by atomic mass is 16.1. The first-order chi connectivity index (χ1) is 13.3. The Labute approximate surface area is 159 Å². The minimum absolute atomic E-state index is 0.216. The van der Waals surface area contributed by atoms with Gasteiger partial charge in [-0.25, -0.2) is 0 Å². The molecule has 0 saturated heterocycles. The van der Waals surface area contributed by atoms with E-state index in [0.717, 1.165) is 35.4 Å². The number of fused-ring (bicyclic) bond motifs is 1. The summed E-state index contributed by atoms with van der Waals surface area (Å²) in [4.78, 5) is 16.2. The molecule has 1 heterocycles. The van der Waals surface area contributed by atoms with E-state index in [4.69, 9.17) is 0 Å². The van der Waals surface area contributed by atoms with Gasteiger partial charge in [0.2, 0.25) is 0 Å². The lowest BCUT2D eigenvalue weighted by atomic mass is 9.98. The van der Waals surface area contributed by atoms with Gasteiger partial charge >= 0.3 is 0 Å². The Bertz CT molecular complexity index is 1080. The molecule has 0 aliphatic carbocycles. The average molecular weight is 353 g/mol. The van der Waals surface area contributed by atoms with Gasteiger partial charge in [-0.2, -0.15) is 0 Å². The van der Waals surface area contributed by atoms with Crippen molar-refractivity contribution in [2.24, 2.45) is 0 Å². The topological polar surface area (TPSA) is 32.9 Å². The van der Waals surface area contributed by atoms with E-state index in [1.54, 1.807) is 0 Å². The summed E-state index contributed by atoms with van der Waals surface area (Å²) in [6.45, 7) is 2.11. The van der Waals surface area contributed by atoms with Gasteiger partial charge in [0.1, 0.15) is 0 Å². The van der Waals surface area contributed by atoms with Crippen LogP contribution in [0, 0.1) is 0 Å². The molecule has 134 valence electrons. The summed E-state index contributed by atoms with van der Waals surface area (Å²) in [6.07, 6.45) is 2.56. The Hall–Kier alpha value is -3.13. The van der Waals surface area contributed by atoms with Gasteiger partial charge in [-0.05, 0) is 29.3 Å². The number of ketones is 1. The number of aromatic nitrogens is 1. The Morgan fingerprint density at radius 1 is 0.778 bits per heavy atom. The molecule has 4 aromatic rings. The zero-order chi connectivity index (χ0) is 18.6. The molecule has 27 heavy (non-hydrogen) atoms. The molecule has 1 N–H and O–H groups in total. The fourth-order valence-corrected chi connectivity index (χ4v) is 3.60. The molecule has 0 bridgehead atoms. The summed E-state index contributed by atoms with van der Waals surface area (Å²) in [5.74, 6) is 0.216. The molecule has 0 unspecified atom stereocenters. The van der Waals surface area contributed by atoms with Crippen LogP contribution >= 0.6 is 0 Å². The van der Waals surface area contributed by atoms with Gasteiger partial charge in [-0.15, -0.1) is 0 Å². The fraction of sp³-hybridized carbons (Fsp3) is 0.160. The number of rotatable bonds is 6. The first-order valence-corrected chi connectivity index (χ1v) is 9.57. The summed E-state index contributed by atoms with van der Waals surface area (Å²) in [5, 5.41) is 2.45. The van der Waals surface area contributed by atoms with Crippen molar-refractivity contribution in [3.63, 3.8) is 0 Å². The first kappa shape index (κ1) is 17.3. The summed E-state index contributed by atoms with van der Waals surface area (Å²) in [7, 11) is 0. The number of nitrogens with one attached hydrogen (secondary N) is 1. The first-order valence-electron chi connectivity index (χ1n) is 9.57. The smallest absolute Gasteiger partial charge is 0.163 e. The van der Waals surface area contributed by atoms with Gasteiger partial charge in [0.15, 0.2) is 5.78 Å². The van der Waals surface area contributed by atoms with E-state index < -0.39 is 0 Å². The number of unbranched alkanes of at least 4 members (excludes halogenated alkanes) is 1. The van der Waals surface area contributed by atoms with E-state index in [0.29, 0.717) is 6.42 Å². The van der Waals surface area contributed by atoms with Gasteiger partial charge in [-0.1, -0.05) is 80.1 Å². The molecule has 0 aliphatic rings. The Balaban J connectivity index is 1.75. The van der Waals surface area contributed by atoms with Crippen LogP contribution in [0.25, 0.3) is 33.3 Å². The number of carbonyl (C=O) groups is 1. The number of benzene rings is 3. The second-order valence-corrected chi connectivity index (χ2v) is 6.88. The highest BCUT2D eigenvalue weighted by molar-refractivity contribution is 6.02. The fourth-order valence-electron chi connectivity index (χ4n) is 3.60. The van der Waals surface area contributed by atoms with Crippen LogP contribution in [0.2, 0.25) is 0 Å². The van der Waals surface area contributed by atoms with Crippen molar-refractivity contribution in [3.8, 4) is 22.5 Å². The van der Waals surface area contributed by atoms with Crippen LogP contribution < -0.4 is 0 Å². The van der Waals surface area contributed by atoms with Gasteiger partial charge in [-0.3, -0.25) is 4.79 Å². The van der Waals surface area contributed by atoms with Crippen molar-refractivity contribution in [2.45, 2.75) is 26.2 Å². The maximum atomic E-state index is 12.6. The van der Waals surface area contributed by atoms with Gasteiger partial charge in [0.25, 0.3) is 0 Å². The molecular weight excluding hydrogens is 330 g/mol. The van der Waals surface area contributed by atoms with Crippen LogP contribution in [0.1, 0.15) is 36.5 Å². The number of H-pyrrole nitrogens is 1. The lowest BCUT2D eigenvalue weighted by Crippen LogP contribution is -2.01. The maximum Gasteiger partial charge on any atom is 0.163 e. The highest BCUT2D eigenvalue weighted by Crippen LogP contribution is 2.31. The van der Waals surface area contributed by atoms with Crippen molar-refractivity contribution in [1.82, 2.24) is 4.98 Å². The lowest BCUT2D eigenvalue weighted by molar-refractivity contribution is 0.0980. The van der Waals surface area contributed by atoms with Crippen LogP contribution in [-0.2, 0) is 0 Å². The molecule has 0 amide bonds. The van der Waals surface area contributed by atoms with Crippen LogP contribution in [0.3, 0.4) is 0 Å². The van der Waals surface area contributed by atoms with Gasteiger partial charge < -0.3 is 4.98 Å². The monoisotopic (exact) mass is 353 g/mol. The molecule has 3 aromatic carbocycles. The second-order valence-electron chi connectivity index (χ2n) is 6.88. The second kappa shape index (κ2) is 7.63. The molecule has 0 radical (unpaired) electrons. The van der Waals surface area contributed by atoms with E-state index in [-0.39, 0.29) is 5.78 Å². The third-order valence-electron chi connectivity index (χ3n) is 5.04. The van der Waals surface area contributed by atoms with E-state index in [2.05, 4.69) is 66.5 Å². The van der Waals surface area contributed by atoms with Crippen molar-refractivity contribution in [2.75, 3.05) is 0 Å². The van der Waals surface area contributed by atoms with Crippen LogP contribution in [0.5, 0.6) is 0 Å². The predicted molar refractivity (Wildman–Crippen MR) is 113 cm³/mol. The van der Waals surface area contributed by atoms with Gasteiger partial charge in [0, 0.05) is 34.5 Å². The Morgan fingerprint density at radius 2 is 1.44 bits per heavy atom. The third-order valence-corrected chi connectivity index (χ3v) is 5.04. The molecule has 2 nitrogen and oxygen atoms in total. The number of Topliss-reactive ketones (excluding diaryl/α,β-unsaturated/α-hetero) is 1. The molecule has 0 aliphatic heterocycles. The Kier molecular flexibility index (Phi) is 4.88. The van der Waals surface area contributed by atoms with Gasteiger partial charge in [0.05, 0.1) is 0 Å². The summed E-state index contributed by atoms with van der Waals surface area (Å²) in [5.41, 5.74) is 5.01. The van der Waals surface area contributed by atoms with Crippen LogP contribution in [-0.4, -0.2) is 10.8 Å². The number of hydrogen-bond donors (Lipinski definition) is 1. The molecular formula is C25H23NO. The van der Waals surface area contributed by atoms with Crippen LogP contribution in [0.4, 0.5) is 0 Å². The van der Waals surface area contributed by atoms with Crippen molar-refractivity contribution in [1.29, 1.82) is 0 Å². The summed E-state index contributed by atoms with van der Waals surface area (Å²) in [6, 6.07) is 26.8.